The molecule has 116 valence electrons. The van der Waals surface area contributed by atoms with Gasteiger partial charge in [-0.2, -0.15) is 0 Å². The van der Waals surface area contributed by atoms with Gasteiger partial charge in [-0.05, 0) is 25.7 Å². The van der Waals surface area contributed by atoms with Gasteiger partial charge in [0.2, 0.25) is 5.91 Å². The second kappa shape index (κ2) is 7.78. The number of H-pyrrole nitrogens is 1. The highest BCUT2D eigenvalue weighted by atomic mass is 16.5. The molecule has 1 saturated heterocycles. The number of imidazole rings is 1. The highest BCUT2D eigenvalue weighted by molar-refractivity contribution is 5.83. The summed E-state index contributed by atoms with van der Waals surface area (Å²) in [4.78, 5) is 29.7. The molecule has 2 heterocycles. The Kier molecular flexibility index (Phi) is 5.74. The van der Waals surface area contributed by atoms with E-state index >= 15 is 0 Å². The Labute approximate surface area is 123 Å². The molecule has 0 radical (unpaired) electrons. The zero-order valence-corrected chi connectivity index (χ0v) is 11.9. The van der Waals surface area contributed by atoms with Gasteiger partial charge in [0.05, 0.1) is 12.4 Å². The van der Waals surface area contributed by atoms with Crippen LogP contribution in [0.5, 0.6) is 0 Å². The van der Waals surface area contributed by atoms with Crippen molar-refractivity contribution in [1.29, 1.82) is 0 Å². The van der Waals surface area contributed by atoms with E-state index in [1.54, 1.807) is 6.20 Å². The van der Waals surface area contributed by atoms with Crippen molar-refractivity contribution in [2.45, 2.75) is 50.7 Å². The summed E-state index contributed by atoms with van der Waals surface area (Å²) < 4.78 is 5.56. The molecule has 0 saturated carbocycles. The Morgan fingerprint density at radius 2 is 2.38 bits per heavy atom. The summed E-state index contributed by atoms with van der Waals surface area (Å²) in [6.45, 7) is 0.754. The minimum atomic E-state index is -1.05. The first kappa shape index (κ1) is 15.5. The summed E-state index contributed by atoms with van der Waals surface area (Å²) in [6.07, 6.45) is 7.47. The van der Waals surface area contributed by atoms with Gasteiger partial charge in [-0.3, -0.25) is 4.79 Å². The molecule has 0 spiro atoms. The molecule has 3 N–H and O–H groups in total. The van der Waals surface area contributed by atoms with Crippen molar-refractivity contribution in [1.82, 2.24) is 15.3 Å². The van der Waals surface area contributed by atoms with Crippen LogP contribution in [0.1, 0.15) is 37.8 Å². The smallest absolute Gasteiger partial charge is 0.326 e. The molecule has 0 aromatic carbocycles. The molecule has 2 atom stereocenters. The number of amides is 1. The number of aliphatic carboxylic acids is 1. The molecule has 1 aromatic heterocycles. The predicted molar refractivity (Wildman–Crippen MR) is 74.7 cm³/mol. The number of carboxylic acid groups (broad SMARTS) is 1. The van der Waals surface area contributed by atoms with Crippen LogP contribution >= 0.6 is 0 Å². The van der Waals surface area contributed by atoms with Crippen LogP contribution < -0.4 is 5.32 Å². The Bertz CT molecular complexity index is 455. The van der Waals surface area contributed by atoms with E-state index in [2.05, 4.69) is 15.3 Å². The van der Waals surface area contributed by atoms with Crippen molar-refractivity contribution in [3.8, 4) is 0 Å². The fraction of sp³-hybridized carbons (Fsp3) is 0.643. The van der Waals surface area contributed by atoms with Crippen molar-refractivity contribution in [3.63, 3.8) is 0 Å². The maximum absolute atomic E-state index is 11.9. The lowest BCUT2D eigenvalue weighted by Crippen LogP contribution is -2.42. The fourth-order valence-electron chi connectivity index (χ4n) is 2.41. The van der Waals surface area contributed by atoms with Crippen LogP contribution in [0.25, 0.3) is 0 Å². The number of aromatic nitrogens is 2. The third kappa shape index (κ3) is 5.18. The van der Waals surface area contributed by atoms with Gasteiger partial charge in [0.1, 0.15) is 6.04 Å². The summed E-state index contributed by atoms with van der Waals surface area (Å²) in [7, 11) is 0. The lowest BCUT2D eigenvalue weighted by molar-refractivity contribution is -0.141. The number of rotatable bonds is 7. The summed E-state index contributed by atoms with van der Waals surface area (Å²) in [5.74, 6) is -1.30. The normalized spacial score (nSPS) is 19.9. The number of ether oxygens (including phenoxy) is 1. The molecule has 1 unspecified atom stereocenters. The molecule has 7 nitrogen and oxygen atoms in total. The zero-order valence-electron chi connectivity index (χ0n) is 11.9. The number of aromatic amines is 1. The Hall–Kier alpha value is -1.89. The third-order valence-electron chi connectivity index (χ3n) is 3.58. The number of carbonyl (C=O) groups excluding carboxylic acids is 1. The highest BCUT2D eigenvalue weighted by Crippen LogP contribution is 2.16. The lowest BCUT2D eigenvalue weighted by Gasteiger charge is -2.22. The molecule has 0 aliphatic carbocycles. The molecule has 1 amide bonds. The number of nitrogens with zero attached hydrogens (tertiary/aromatic N) is 1. The van der Waals surface area contributed by atoms with Gasteiger partial charge in [-0.1, -0.05) is 0 Å². The quantitative estimate of drug-likeness (QED) is 0.692. The Morgan fingerprint density at radius 1 is 1.52 bits per heavy atom. The average molecular weight is 295 g/mol. The average Bonchev–Trinajstić information content (AvgIpc) is 2.98. The van der Waals surface area contributed by atoms with Crippen LogP contribution in [0.3, 0.4) is 0 Å². The van der Waals surface area contributed by atoms with Crippen LogP contribution in [0, 0.1) is 0 Å². The van der Waals surface area contributed by atoms with Gasteiger partial charge in [0, 0.05) is 31.3 Å². The predicted octanol–water partition coefficient (Wildman–Crippen LogP) is 0.871. The van der Waals surface area contributed by atoms with E-state index in [-0.39, 0.29) is 24.9 Å². The number of carboxylic acids is 1. The van der Waals surface area contributed by atoms with E-state index in [0.717, 1.165) is 25.9 Å². The van der Waals surface area contributed by atoms with E-state index < -0.39 is 12.0 Å². The van der Waals surface area contributed by atoms with Crippen molar-refractivity contribution in [2.75, 3.05) is 6.61 Å². The molecule has 1 aliphatic heterocycles. The molecule has 0 bridgehead atoms. The molecular formula is C14H21N3O4. The number of hydrogen-bond acceptors (Lipinski definition) is 4. The monoisotopic (exact) mass is 295 g/mol. The standard InChI is InChI=1S/C14H21N3O4/c18-13(5-4-11-3-1-2-6-21-11)17-12(14(19)20)7-10-8-15-9-16-10/h8-9,11-12H,1-7H2,(H,15,16)(H,17,18)(H,19,20)/t11?,12-/m0/s1. The van der Waals surface area contributed by atoms with Crippen molar-refractivity contribution < 1.29 is 19.4 Å². The molecule has 21 heavy (non-hydrogen) atoms. The van der Waals surface area contributed by atoms with E-state index in [4.69, 9.17) is 9.84 Å². The minimum Gasteiger partial charge on any atom is -0.480 e. The highest BCUT2D eigenvalue weighted by Gasteiger charge is 2.22. The Balaban J connectivity index is 1.76. The second-order valence-corrected chi connectivity index (χ2v) is 5.27. The van der Waals surface area contributed by atoms with Crippen molar-refractivity contribution in [3.05, 3.63) is 18.2 Å². The van der Waals surface area contributed by atoms with Crippen molar-refractivity contribution >= 4 is 11.9 Å². The minimum absolute atomic E-state index is 0.125. The van der Waals surface area contributed by atoms with Crippen LogP contribution in [-0.2, 0) is 20.7 Å². The van der Waals surface area contributed by atoms with Gasteiger partial charge in [-0.15, -0.1) is 0 Å². The lowest BCUT2D eigenvalue weighted by atomic mass is 10.0. The second-order valence-electron chi connectivity index (χ2n) is 5.27. The first-order chi connectivity index (χ1) is 10.1. The van der Waals surface area contributed by atoms with Gasteiger partial charge in [-0.25, -0.2) is 9.78 Å². The number of hydrogen-bond donors (Lipinski definition) is 3. The molecule has 1 aromatic rings. The van der Waals surface area contributed by atoms with Crippen LogP contribution in [-0.4, -0.2) is 45.7 Å². The number of carbonyl (C=O) groups is 2. The summed E-state index contributed by atoms with van der Waals surface area (Å²) >= 11 is 0. The summed E-state index contributed by atoms with van der Waals surface area (Å²) in [6, 6.07) is -0.940. The van der Waals surface area contributed by atoms with Crippen molar-refractivity contribution in [2.24, 2.45) is 0 Å². The van der Waals surface area contributed by atoms with E-state index in [1.807, 2.05) is 0 Å². The maximum atomic E-state index is 11.9. The zero-order chi connectivity index (χ0) is 15.1. The van der Waals surface area contributed by atoms with E-state index in [9.17, 15) is 9.59 Å². The third-order valence-corrected chi connectivity index (χ3v) is 3.58. The fourth-order valence-corrected chi connectivity index (χ4v) is 2.41. The van der Waals surface area contributed by atoms with Gasteiger partial charge >= 0.3 is 5.97 Å². The maximum Gasteiger partial charge on any atom is 0.326 e. The first-order valence-electron chi connectivity index (χ1n) is 7.26. The Morgan fingerprint density at radius 3 is 3.00 bits per heavy atom. The molecule has 7 heteroatoms. The van der Waals surface area contributed by atoms with E-state index in [1.165, 1.54) is 6.33 Å². The van der Waals surface area contributed by atoms with Gasteiger partial charge in [0.25, 0.3) is 0 Å². The topological polar surface area (TPSA) is 104 Å². The van der Waals surface area contributed by atoms with Crippen LogP contribution in [0.15, 0.2) is 12.5 Å². The van der Waals surface area contributed by atoms with Gasteiger partial charge < -0.3 is 20.1 Å². The van der Waals surface area contributed by atoms with Gasteiger partial charge in [0.15, 0.2) is 0 Å². The molecular weight excluding hydrogens is 274 g/mol. The SMILES string of the molecule is O=C(CCC1CCCCO1)N[C@@H](Cc1cnc[nH]1)C(=O)O. The summed E-state index contributed by atoms with van der Waals surface area (Å²) in [5.41, 5.74) is 0.679. The van der Waals surface area contributed by atoms with E-state index in [0.29, 0.717) is 12.1 Å². The molecule has 2 rings (SSSR count). The van der Waals surface area contributed by atoms with Crippen LogP contribution in [0.2, 0.25) is 0 Å². The number of nitrogens with one attached hydrogen (secondary N) is 2. The molecule has 1 fully saturated rings. The van der Waals surface area contributed by atoms with Crippen LogP contribution in [0.4, 0.5) is 0 Å². The largest absolute Gasteiger partial charge is 0.480 e. The molecule has 1 aliphatic rings. The first-order valence-corrected chi connectivity index (χ1v) is 7.26. The summed E-state index contributed by atoms with van der Waals surface area (Å²) in [5, 5.41) is 11.7.